The Hall–Kier alpha value is -1.71. The Balaban J connectivity index is 2.59. The minimum Gasteiger partial charge on any atom is -0.504 e. The number of hydrogen-bond donors (Lipinski definition) is 2. The topological polar surface area (TPSA) is 66.8 Å². The quantitative estimate of drug-likeness (QED) is 0.580. The largest absolute Gasteiger partial charge is 0.504 e. The number of aromatic hydroxyl groups is 2. The predicted octanol–water partition coefficient (Wildman–Crippen LogP) is 2.40. The number of rotatable bonds is 1. The molecule has 0 radical (unpaired) electrons. The van der Waals surface area contributed by atoms with Crippen molar-refractivity contribution in [2.75, 3.05) is 0 Å². The maximum atomic E-state index is 11.3. The lowest BCUT2D eigenvalue weighted by molar-refractivity contribution is 0.0797. The second-order valence-electron chi connectivity index (χ2n) is 5.03. The monoisotopic (exact) mass is 236 g/mol. The van der Waals surface area contributed by atoms with E-state index in [-0.39, 0.29) is 22.7 Å². The highest BCUT2D eigenvalue weighted by molar-refractivity contribution is 5.98. The summed E-state index contributed by atoms with van der Waals surface area (Å²) in [5, 5.41) is 19.6. The summed E-state index contributed by atoms with van der Waals surface area (Å²) in [5.41, 5.74) is 0.545. The number of aryl methyl sites for hydroxylation is 1. The third-order valence-electron chi connectivity index (χ3n) is 3.06. The molecule has 1 aromatic carbocycles. The molecular weight excluding hydrogens is 220 g/mol. The number of ether oxygens (including phenoxy) is 1. The Kier molecular flexibility index (Phi) is 2.53. The van der Waals surface area contributed by atoms with Crippen LogP contribution in [0.15, 0.2) is 6.07 Å². The number of phenolic OH excluding ortho intramolecular Hbond substituents is 2. The zero-order valence-electron chi connectivity index (χ0n) is 10.2. The molecule has 2 rings (SSSR count). The molecule has 17 heavy (non-hydrogen) atoms. The van der Waals surface area contributed by atoms with E-state index in [1.54, 1.807) is 6.07 Å². The Morgan fingerprint density at radius 2 is 2.00 bits per heavy atom. The molecule has 0 spiro atoms. The van der Waals surface area contributed by atoms with Crippen LogP contribution >= 0.6 is 0 Å². The molecule has 4 nitrogen and oxygen atoms in total. The lowest BCUT2D eigenvalue weighted by Gasteiger charge is -2.33. The standard InChI is InChI=1S/C13H16O4/c1-7(14)9-6-8-4-5-13(2,3)17-12(8)11(16)10(9)15/h6,15-16H,4-5H2,1-3H3. The number of Topliss-reactive ketones (excluding diaryl/α,β-unsaturated/α-hetero) is 1. The first kappa shape index (κ1) is 11.8. The number of phenols is 2. The van der Waals surface area contributed by atoms with Crippen LogP contribution in [-0.2, 0) is 6.42 Å². The molecule has 1 aromatic rings. The average molecular weight is 236 g/mol. The van der Waals surface area contributed by atoms with E-state index in [0.29, 0.717) is 5.75 Å². The molecule has 1 heterocycles. The summed E-state index contributed by atoms with van der Waals surface area (Å²) < 4.78 is 5.64. The van der Waals surface area contributed by atoms with Gasteiger partial charge < -0.3 is 14.9 Å². The van der Waals surface area contributed by atoms with E-state index < -0.39 is 5.75 Å². The van der Waals surface area contributed by atoms with Gasteiger partial charge in [-0.25, -0.2) is 0 Å². The van der Waals surface area contributed by atoms with Crippen molar-refractivity contribution in [3.8, 4) is 17.2 Å². The summed E-state index contributed by atoms with van der Waals surface area (Å²) in [6.45, 7) is 5.20. The lowest BCUT2D eigenvalue weighted by Crippen LogP contribution is -2.32. The maximum Gasteiger partial charge on any atom is 0.201 e. The van der Waals surface area contributed by atoms with Crippen LogP contribution in [0.2, 0.25) is 0 Å². The average Bonchev–Trinajstić information content (AvgIpc) is 2.23. The molecule has 0 atom stereocenters. The summed E-state index contributed by atoms with van der Waals surface area (Å²) in [7, 11) is 0. The summed E-state index contributed by atoms with van der Waals surface area (Å²) in [6.07, 6.45) is 1.53. The number of fused-ring (bicyclic) bond motifs is 1. The molecule has 4 heteroatoms. The zero-order chi connectivity index (χ0) is 12.8. The highest BCUT2D eigenvalue weighted by atomic mass is 16.5. The molecule has 0 saturated carbocycles. The van der Waals surface area contributed by atoms with Gasteiger partial charge in [-0.2, -0.15) is 0 Å². The maximum absolute atomic E-state index is 11.3. The van der Waals surface area contributed by atoms with E-state index in [1.807, 2.05) is 13.8 Å². The molecule has 0 saturated heterocycles. The molecule has 0 unspecified atom stereocenters. The molecule has 1 aliphatic heterocycles. The van der Waals surface area contributed by atoms with Crippen molar-refractivity contribution < 1.29 is 19.7 Å². The first-order chi connectivity index (χ1) is 7.82. The van der Waals surface area contributed by atoms with E-state index in [0.717, 1.165) is 18.4 Å². The predicted molar refractivity (Wildman–Crippen MR) is 62.8 cm³/mol. The number of carbonyl (C=O) groups is 1. The van der Waals surface area contributed by atoms with E-state index in [4.69, 9.17) is 4.74 Å². The molecule has 0 bridgehead atoms. The van der Waals surface area contributed by atoms with Crippen LogP contribution in [-0.4, -0.2) is 21.6 Å². The highest BCUT2D eigenvalue weighted by Gasteiger charge is 2.31. The fourth-order valence-electron chi connectivity index (χ4n) is 2.03. The Labute approximate surface area is 99.8 Å². The third kappa shape index (κ3) is 1.95. The van der Waals surface area contributed by atoms with Gasteiger partial charge in [0.25, 0.3) is 0 Å². The van der Waals surface area contributed by atoms with Crippen LogP contribution in [0.5, 0.6) is 17.2 Å². The molecule has 0 amide bonds. The van der Waals surface area contributed by atoms with Crippen molar-refractivity contribution in [1.82, 2.24) is 0 Å². The molecule has 92 valence electrons. The van der Waals surface area contributed by atoms with Crippen LogP contribution in [0.3, 0.4) is 0 Å². The molecular formula is C13H16O4. The minimum absolute atomic E-state index is 0.143. The lowest BCUT2D eigenvalue weighted by atomic mass is 9.92. The smallest absolute Gasteiger partial charge is 0.201 e. The van der Waals surface area contributed by atoms with E-state index >= 15 is 0 Å². The fourth-order valence-corrected chi connectivity index (χ4v) is 2.03. The van der Waals surface area contributed by atoms with Gasteiger partial charge in [-0.15, -0.1) is 0 Å². The van der Waals surface area contributed by atoms with Gasteiger partial charge >= 0.3 is 0 Å². The molecule has 0 fully saturated rings. The van der Waals surface area contributed by atoms with E-state index in [2.05, 4.69) is 0 Å². The van der Waals surface area contributed by atoms with Gasteiger partial charge in [-0.1, -0.05) is 0 Å². The first-order valence-corrected chi connectivity index (χ1v) is 5.59. The molecule has 0 aromatic heterocycles. The number of carbonyl (C=O) groups excluding carboxylic acids is 1. The zero-order valence-corrected chi connectivity index (χ0v) is 10.2. The van der Waals surface area contributed by atoms with Crippen LogP contribution in [0.25, 0.3) is 0 Å². The van der Waals surface area contributed by atoms with Gasteiger partial charge in [-0.05, 0) is 45.2 Å². The SMILES string of the molecule is CC(=O)c1cc2c(c(O)c1O)OC(C)(C)CC2. The van der Waals surface area contributed by atoms with Gasteiger partial charge in [0.1, 0.15) is 5.60 Å². The second kappa shape index (κ2) is 3.65. The van der Waals surface area contributed by atoms with Crippen molar-refractivity contribution >= 4 is 5.78 Å². The molecule has 0 aliphatic carbocycles. The fraction of sp³-hybridized carbons (Fsp3) is 0.462. The number of benzene rings is 1. The number of hydrogen-bond acceptors (Lipinski definition) is 4. The van der Waals surface area contributed by atoms with Gasteiger partial charge in [0.2, 0.25) is 5.75 Å². The van der Waals surface area contributed by atoms with Crippen LogP contribution in [0.1, 0.15) is 43.1 Å². The third-order valence-corrected chi connectivity index (χ3v) is 3.06. The van der Waals surface area contributed by atoms with Crippen molar-refractivity contribution in [3.05, 3.63) is 17.2 Å². The summed E-state index contributed by atoms with van der Waals surface area (Å²) in [6, 6.07) is 1.60. The molecule has 1 aliphatic rings. The van der Waals surface area contributed by atoms with Gasteiger partial charge in [0, 0.05) is 0 Å². The van der Waals surface area contributed by atoms with Gasteiger partial charge in [-0.3, -0.25) is 4.79 Å². The Morgan fingerprint density at radius 3 is 2.59 bits per heavy atom. The van der Waals surface area contributed by atoms with Crippen LogP contribution < -0.4 is 4.74 Å². The van der Waals surface area contributed by atoms with Gasteiger partial charge in [0.05, 0.1) is 5.56 Å². The van der Waals surface area contributed by atoms with Crippen LogP contribution in [0, 0.1) is 0 Å². The second-order valence-corrected chi connectivity index (χ2v) is 5.03. The van der Waals surface area contributed by atoms with E-state index in [9.17, 15) is 15.0 Å². The summed E-state index contributed by atoms with van der Waals surface area (Å²) in [5.74, 6) is -0.705. The van der Waals surface area contributed by atoms with E-state index in [1.165, 1.54) is 6.92 Å². The summed E-state index contributed by atoms with van der Waals surface area (Å²) >= 11 is 0. The Bertz CT molecular complexity index is 489. The highest BCUT2D eigenvalue weighted by Crippen LogP contribution is 2.46. The van der Waals surface area contributed by atoms with Gasteiger partial charge in [0.15, 0.2) is 17.3 Å². The minimum atomic E-state index is -0.394. The van der Waals surface area contributed by atoms with Crippen molar-refractivity contribution in [3.63, 3.8) is 0 Å². The first-order valence-electron chi connectivity index (χ1n) is 5.59. The van der Waals surface area contributed by atoms with Crippen molar-refractivity contribution in [2.24, 2.45) is 0 Å². The Morgan fingerprint density at radius 1 is 1.35 bits per heavy atom. The number of ketones is 1. The van der Waals surface area contributed by atoms with Crippen LogP contribution in [0.4, 0.5) is 0 Å². The summed E-state index contributed by atoms with van der Waals surface area (Å²) in [4.78, 5) is 11.3. The van der Waals surface area contributed by atoms with Crippen molar-refractivity contribution in [2.45, 2.75) is 39.2 Å². The van der Waals surface area contributed by atoms with Crippen molar-refractivity contribution in [1.29, 1.82) is 0 Å². The molecule has 2 N–H and O–H groups in total. The normalized spacial score (nSPS) is 17.1.